The highest BCUT2D eigenvalue weighted by Gasteiger charge is 2.26. The van der Waals surface area contributed by atoms with Gasteiger partial charge in [0.15, 0.2) is 6.10 Å². The summed E-state index contributed by atoms with van der Waals surface area (Å²) < 4.78 is 33.2. The van der Waals surface area contributed by atoms with E-state index in [1.807, 2.05) is 0 Å². The molecule has 0 heterocycles. The molecule has 3 N–H and O–H groups in total. The maximum Gasteiger partial charge on any atom is 0.472 e. The highest BCUT2D eigenvalue weighted by Crippen LogP contribution is 2.43. The zero-order valence-corrected chi connectivity index (χ0v) is 60.9. The molecular formula is C82H146NO8P. The van der Waals surface area contributed by atoms with Crippen LogP contribution in [0, 0.1) is 0 Å². The average Bonchev–Trinajstić information content (AvgIpc) is 3.01. The topological polar surface area (TPSA) is 134 Å². The van der Waals surface area contributed by atoms with Crippen LogP contribution in [-0.2, 0) is 32.7 Å². The first kappa shape index (κ1) is 88.7. The Morgan fingerprint density at radius 1 is 0.337 bits per heavy atom. The molecular weight excluding hydrogens is 1160 g/mol. The minimum atomic E-state index is -4.40. The van der Waals surface area contributed by atoms with Gasteiger partial charge >= 0.3 is 19.8 Å². The summed E-state index contributed by atoms with van der Waals surface area (Å²) in [7, 11) is -4.40. The third-order valence-electron chi connectivity index (χ3n) is 16.9. The van der Waals surface area contributed by atoms with Crippen LogP contribution in [0.5, 0.6) is 0 Å². The summed E-state index contributed by atoms with van der Waals surface area (Å²) in [6.45, 7) is 3.67. The minimum Gasteiger partial charge on any atom is -0.462 e. The van der Waals surface area contributed by atoms with E-state index in [4.69, 9.17) is 24.3 Å². The molecule has 0 spiro atoms. The molecule has 9 nitrogen and oxygen atoms in total. The summed E-state index contributed by atoms with van der Waals surface area (Å²) >= 11 is 0. The summed E-state index contributed by atoms with van der Waals surface area (Å²) in [5.41, 5.74) is 5.41. The van der Waals surface area contributed by atoms with Crippen molar-refractivity contribution in [2.75, 3.05) is 26.4 Å². The van der Waals surface area contributed by atoms with E-state index in [2.05, 4.69) is 123 Å². The highest BCUT2D eigenvalue weighted by molar-refractivity contribution is 7.47. The molecule has 0 radical (unpaired) electrons. The summed E-state index contributed by atoms with van der Waals surface area (Å²) in [4.78, 5) is 35.4. The zero-order chi connectivity index (χ0) is 66.5. The molecule has 0 aromatic rings. The molecule has 0 aromatic heterocycles. The van der Waals surface area contributed by atoms with Crippen LogP contribution in [0.25, 0.3) is 0 Å². The number of phosphoric ester groups is 1. The number of nitrogens with two attached hydrogens (primary N) is 1. The van der Waals surface area contributed by atoms with Gasteiger partial charge in [-0.15, -0.1) is 0 Å². The van der Waals surface area contributed by atoms with Gasteiger partial charge in [-0.1, -0.05) is 380 Å². The second kappa shape index (κ2) is 76.7. The highest BCUT2D eigenvalue weighted by atomic mass is 31.2. The molecule has 0 aromatic carbocycles. The van der Waals surface area contributed by atoms with Crippen LogP contribution in [-0.4, -0.2) is 49.3 Å². The third kappa shape index (κ3) is 75.7. The Morgan fingerprint density at radius 3 is 0.891 bits per heavy atom. The Labute approximate surface area is 569 Å². The van der Waals surface area contributed by atoms with Gasteiger partial charge in [0.1, 0.15) is 6.61 Å². The average molecular weight is 1310 g/mol. The van der Waals surface area contributed by atoms with Gasteiger partial charge in [-0.2, -0.15) is 0 Å². The number of carbonyl (C=O) groups is 2. The first-order valence-corrected chi connectivity index (χ1v) is 40.4. The number of unbranched alkanes of at least 4 members (excludes halogenated alkanes) is 42. The van der Waals surface area contributed by atoms with E-state index in [0.29, 0.717) is 6.42 Å². The molecule has 0 fully saturated rings. The van der Waals surface area contributed by atoms with Gasteiger partial charge in [0.2, 0.25) is 0 Å². The number of hydrogen-bond donors (Lipinski definition) is 2. The number of allylic oxidation sites excluding steroid dienone is 18. The Kier molecular flexibility index (Phi) is 73.9. The maximum absolute atomic E-state index is 12.8. The van der Waals surface area contributed by atoms with Gasteiger partial charge in [-0.3, -0.25) is 18.6 Å². The number of hydrogen-bond acceptors (Lipinski definition) is 8. The zero-order valence-electron chi connectivity index (χ0n) is 60.0. The lowest BCUT2D eigenvalue weighted by atomic mass is 10.0. The van der Waals surface area contributed by atoms with E-state index in [1.54, 1.807) is 0 Å². The summed E-state index contributed by atoms with van der Waals surface area (Å²) in [5, 5.41) is 0. The van der Waals surface area contributed by atoms with Gasteiger partial charge in [0.05, 0.1) is 13.2 Å². The number of phosphoric acid groups is 1. The molecule has 2 unspecified atom stereocenters. The fourth-order valence-electron chi connectivity index (χ4n) is 11.2. The fourth-order valence-corrected chi connectivity index (χ4v) is 12.0. The lowest BCUT2D eigenvalue weighted by Gasteiger charge is -2.19. The quantitative estimate of drug-likeness (QED) is 0.0264. The second-order valence-corrected chi connectivity index (χ2v) is 27.3. The van der Waals surface area contributed by atoms with Crippen LogP contribution in [0.2, 0.25) is 0 Å². The van der Waals surface area contributed by atoms with Crippen molar-refractivity contribution in [2.24, 2.45) is 5.73 Å². The van der Waals surface area contributed by atoms with E-state index in [0.717, 1.165) is 103 Å². The monoisotopic (exact) mass is 1300 g/mol. The summed E-state index contributed by atoms with van der Waals surface area (Å²) in [6.07, 6.45) is 106. The standard InChI is InChI=1S/C82H146NO8P/c1-3-5-7-9-11-13-15-17-19-21-23-25-27-29-31-33-35-37-39-40-41-43-45-47-49-51-53-55-57-59-61-63-65-67-69-71-73-75-82(85)91-80(79-90-92(86,87)89-77-76-83)78-88-81(84)74-72-70-68-66-64-62-60-58-56-54-52-50-48-46-44-42-38-36-34-32-30-28-26-24-22-20-18-16-14-12-10-8-6-4-2/h5,7,11,13,17,19,23,25,29,31,35,37,40-41,45,47,51,53,80H,3-4,6,8-10,12,14-16,18,20-22,24,26-28,30,32-34,36,38-39,42-44,46,48-50,52,54-79,83H2,1-2H3,(H,86,87)/b7-5-,13-11-,19-17-,25-23-,31-29-,37-35-,41-40-,47-45-,53-51-. The molecule has 0 aliphatic heterocycles. The molecule has 92 heavy (non-hydrogen) atoms. The van der Waals surface area contributed by atoms with E-state index < -0.39 is 26.5 Å². The van der Waals surface area contributed by atoms with Crippen molar-refractivity contribution in [3.8, 4) is 0 Å². The second-order valence-electron chi connectivity index (χ2n) is 25.9. The van der Waals surface area contributed by atoms with E-state index >= 15 is 0 Å². The van der Waals surface area contributed by atoms with Crippen molar-refractivity contribution in [1.29, 1.82) is 0 Å². The predicted molar refractivity (Wildman–Crippen MR) is 399 cm³/mol. The summed E-state index contributed by atoms with van der Waals surface area (Å²) in [5.74, 6) is -0.824. The number of esters is 2. The van der Waals surface area contributed by atoms with Crippen molar-refractivity contribution in [2.45, 2.75) is 373 Å². The molecule has 0 aliphatic rings. The van der Waals surface area contributed by atoms with Gasteiger partial charge in [-0.25, -0.2) is 4.57 Å². The van der Waals surface area contributed by atoms with Crippen molar-refractivity contribution in [3.05, 3.63) is 109 Å². The molecule has 2 atom stereocenters. The Balaban J connectivity index is 3.86. The maximum atomic E-state index is 12.8. The molecule has 10 heteroatoms. The van der Waals surface area contributed by atoms with Crippen LogP contribution in [0.3, 0.4) is 0 Å². The largest absolute Gasteiger partial charge is 0.472 e. The molecule has 0 bridgehead atoms. The molecule has 0 saturated heterocycles. The van der Waals surface area contributed by atoms with Crippen LogP contribution in [0.1, 0.15) is 367 Å². The molecule has 0 amide bonds. The van der Waals surface area contributed by atoms with Crippen LogP contribution in [0.15, 0.2) is 109 Å². The molecule has 532 valence electrons. The number of ether oxygens (including phenoxy) is 2. The molecule has 0 aliphatic carbocycles. The Morgan fingerprint density at radius 2 is 0.598 bits per heavy atom. The van der Waals surface area contributed by atoms with Crippen molar-refractivity contribution >= 4 is 19.8 Å². The van der Waals surface area contributed by atoms with Gasteiger partial charge in [0.25, 0.3) is 0 Å². The van der Waals surface area contributed by atoms with Gasteiger partial charge < -0.3 is 20.1 Å². The minimum absolute atomic E-state index is 0.0495. The van der Waals surface area contributed by atoms with E-state index in [1.165, 1.54) is 231 Å². The predicted octanol–water partition coefficient (Wildman–Crippen LogP) is 26.0. The first-order valence-electron chi connectivity index (χ1n) is 38.9. The lowest BCUT2D eigenvalue weighted by molar-refractivity contribution is -0.161. The van der Waals surface area contributed by atoms with E-state index in [-0.39, 0.29) is 38.6 Å². The number of rotatable bonds is 73. The Hall–Kier alpha value is -3.33. The Bertz CT molecular complexity index is 1880. The van der Waals surface area contributed by atoms with Crippen molar-refractivity contribution in [3.63, 3.8) is 0 Å². The smallest absolute Gasteiger partial charge is 0.462 e. The van der Waals surface area contributed by atoms with Crippen molar-refractivity contribution in [1.82, 2.24) is 0 Å². The normalized spacial score (nSPS) is 13.5. The first-order chi connectivity index (χ1) is 45.3. The number of carbonyl (C=O) groups excluding carboxylic acids is 2. The van der Waals surface area contributed by atoms with Gasteiger partial charge in [-0.05, 0) is 83.5 Å². The summed E-state index contributed by atoms with van der Waals surface area (Å²) in [6, 6.07) is 0. The van der Waals surface area contributed by atoms with Crippen molar-refractivity contribution < 1.29 is 37.6 Å². The van der Waals surface area contributed by atoms with Crippen LogP contribution >= 0.6 is 7.82 Å². The van der Waals surface area contributed by atoms with Crippen LogP contribution < -0.4 is 5.73 Å². The third-order valence-corrected chi connectivity index (χ3v) is 17.9. The van der Waals surface area contributed by atoms with Crippen LogP contribution in [0.4, 0.5) is 0 Å². The molecule has 0 rings (SSSR count). The lowest BCUT2D eigenvalue weighted by Crippen LogP contribution is -2.29. The van der Waals surface area contributed by atoms with E-state index in [9.17, 15) is 19.0 Å². The fraction of sp³-hybridized carbons (Fsp3) is 0.756. The molecule has 0 saturated carbocycles. The van der Waals surface area contributed by atoms with Gasteiger partial charge in [0, 0.05) is 19.4 Å². The SMILES string of the molecule is CC/C=C\C/C=C\C/C=C\C/C=C\C/C=C\C/C=C\C/C=C\C/C=C\C/C=C\CCCCCCCCCCCC(=O)OC(COC(=O)CCCCCCCCCCCCCCCCCCCCCCCCCCCCCCCCCCCC)COP(=O)(O)OCCN.